The predicted molar refractivity (Wildman–Crippen MR) is 54.5 cm³/mol. The maximum Gasteiger partial charge on any atom is 0.335 e. The van der Waals surface area contributed by atoms with Gasteiger partial charge in [-0.3, -0.25) is 0 Å². The van der Waals surface area contributed by atoms with Gasteiger partial charge in [0.2, 0.25) is 0 Å². The molecule has 1 N–H and O–H groups in total. The van der Waals surface area contributed by atoms with Gasteiger partial charge in [0.25, 0.3) is 0 Å². The number of ether oxygens (including phenoxy) is 1. The highest BCUT2D eigenvalue weighted by Gasteiger charge is 2.37. The summed E-state index contributed by atoms with van der Waals surface area (Å²) in [6.07, 6.45) is 0.343. The molecule has 1 atom stereocenters. The molecule has 0 amide bonds. The summed E-state index contributed by atoms with van der Waals surface area (Å²) >= 11 is 0. The van der Waals surface area contributed by atoms with Crippen LogP contribution in [0.5, 0.6) is 0 Å². The van der Waals surface area contributed by atoms with Crippen molar-refractivity contribution in [1.82, 2.24) is 0 Å². The summed E-state index contributed by atoms with van der Waals surface area (Å²) in [5.41, 5.74) is 0.0878. The van der Waals surface area contributed by atoms with Crippen LogP contribution in [0.4, 0.5) is 0 Å². The Labute approximate surface area is 88.8 Å². The number of aliphatic hydroxyl groups is 1. The number of esters is 1. The molecule has 1 heterocycles. The van der Waals surface area contributed by atoms with Gasteiger partial charge in [-0.15, -0.1) is 0 Å². The van der Waals surface area contributed by atoms with Gasteiger partial charge in [-0.25, -0.2) is 4.79 Å². The molecule has 0 spiro atoms. The quantitative estimate of drug-likeness (QED) is 0.769. The topological polar surface area (TPSA) is 59.7 Å². The second-order valence-electron chi connectivity index (χ2n) is 4.04. The summed E-state index contributed by atoms with van der Waals surface area (Å²) < 4.78 is 9.67. The number of hydrogen-bond acceptors (Lipinski definition) is 4. The third-order valence-electron chi connectivity index (χ3n) is 2.66. The first kappa shape index (κ1) is 11.8. The number of aryl methyl sites for hydroxylation is 1. The number of carbonyl (C=O) groups is 1. The number of hydrogen-bond donors (Lipinski definition) is 1. The Balaban J connectivity index is 3.02. The van der Waals surface area contributed by atoms with Crippen molar-refractivity contribution in [3.63, 3.8) is 0 Å². The van der Waals surface area contributed by atoms with E-state index in [0.29, 0.717) is 5.76 Å². The lowest BCUT2D eigenvalue weighted by Gasteiger charge is -2.28. The fraction of sp³-hybridized carbons (Fsp3) is 0.545. The van der Waals surface area contributed by atoms with E-state index in [1.165, 1.54) is 13.4 Å². The average molecular weight is 212 g/mol. The lowest BCUT2D eigenvalue weighted by molar-refractivity contribution is -0.153. The Kier molecular flexibility index (Phi) is 3.19. The van der Waals surface area contributed by atoms with Crippen LogP contribution in [-0.2, 0) is 14.9 Å². The minimum absolute atomic E-state index is 0.638. The van der Waals surface area contributed by atoms with Crippen molar-refractivity contribution in [1.29, 1.82) is 0 Å². The first-order valence-corrected chi connectivity index (χ1v) is 4.71. The van der Waals surface area contributed by atoms with E-state index in [1.54, 1.807) is 26.8 Å². The monoisotopic (exact) mass is 212 g/mol. The summed E-state index contributed by atoms with van der Waals surface area (Å²) in [5.74, 6) is 0.0588. The van der Waals surface area contributed by atoms with Crippen molar-refractivity contribution in [2.24, 2.45) is 0 Å². The van der Waals surface area contributed by atoms with Crippen LogP contribution >= 0.6 is 0 Å². The fourth-order valence-corrected chi connectivity index (χ4v) is 1.61. The molecule has 1 unspecified atom stereocenters. The van der Waals surface area contributed by atoms with Crippen LogP contribution in [0.1, 0.15) is 25.2 Å². The Morgan fingerprint density at radius 2 is 2.20 bits per heavy atom. The van der Waals surface area contributed by atoms with Crippen LogP contribution in [0, 0.1) is 6.92 Å². The lowest BCUT2D eigenvalue weighted by atomic mass is 9.79. The molecule has 0 fully saturated rings. The number of carbonyl (C=O) groups excluding carboxylic acids is 1. The molecular weight excluding hydrogens is 196 g/mol. The van der Waals surface area contributed by atoms with Gasteiger partial charge in [-0.05, 0) is 13.0 Å². The summed E-state index contributed by atoms with van der Waals surface area (Å²) in [6.45, 7) is 5.33. The minimum Gasteiger partial charge on any atom is -0.469 e. The van der Waals surface area contributed by atoms with E-state index in [-0.39, 0.29) is 0 Å². The molecule has 1 aromatic heterocycles. The molecule has 0 radical (unpaired) electrons. The Bertz CT molecular complexity index is 351. The summed E-state index contributed by atoms with van der Waals surface area (Å²) in [4.78, 5) is 11.3. The molecule has 1 rings (SSSR count). The molecule has 0 aromatic carbocycles. The zero-order valence-electron chi connectivity index (χ0n) is 9.40. The van der Waals surface area contributed by atoms with Gasteiger partial charge in [-0.2, -0.15) is 0 Å². The highest BCUT2D eigenvalue weighted by molar-refractivity contribution is 5.76. The highest BCUT2D eigenvalue weighted by Crippen LogP contribution is 2.30. The first-order chi connectivity index (χ1) is 6.91. The second-order valence-corrected chi connectivity index (χ2v) is 4.04. The SMILES string of the molecule is COC(=O)C(O)C(C)(C)c1ccoc1C. The maximum atomic E-state index is 11.3. The Morgan fingerprint density at radius 1 is 1.60 bits per heavy atom. The van der Waals surface area contributed by atoms with Crippen molar-refractivity contribution in [3.8, 4) is 0 Å². The van der Waals surface area contributed by atoms with E-state index in [1.807, 2.05) is 0 Å². The number of aliphatic hydroxyl groups excluding tert-OH is 1. The van der Waals surface area contributed by atoms with Crippen LogP contribution in [0.2, 0.25) is 0 Å². The molecule has 1 aromatic rings. The smallest absolute Gasteiger partial charge is 0.335 e. The average Bonchev–Trinajstić information content (AvgIpc) is 2.62. The van der Waals surface area contributed by atoms with Crippen molar-refractivity contribution in [2.75, 3.05) is 7.11 Å². The molecule has 84 valence electrons. The maximum absolute atomic E-state index is 11.3. The van der Waals surface area contributed by atoms with Gasteiger partial charge in [0.05, 0.1) is 13.4 Å². The Morgan fingerprint density at radius 3 is 2.60 bits per heavy atom. The molecule has 0 aliphatic heterocycles. The van der Waals surface area contributed by atoms with Crippen molar-refractivity contribution in [3.05, 3.63) is 23.7 Å². The lowest BCUT2D eigenvalue weighted by Crippen LogP contribution is -2.40. The van der Waals surface area contributed by atoms with Crippen LogP contribution in [0.25, 0.3) is 0 Å². The predicted octanol–water partition coefficient (Wildman–Crippen LogP) is 1.40. The highest BCUT2D eigenvalue weighted by atomic mass is 16.5. The van der Waals surface area contributed by atoms with Crippen molar-refractivity contribution in [2.45, 2.75) is 32.3 Å². The third kappa shape index (κ3) is 2.04. The molecule has 0 saturated carbocycles. The van der Waals surface area contributed by atoms with Gasteiger partial charge >= 0.3 is 5.97 Å². The zero-order chi connectivity index (χ0) is 11.6. The van der Waals surface area contributed by atoms with Crippen LogP contribution in [0.15, 0.2) is 16.7 Å². The largest absolute Gasteiger partial charge is 0.469 e. The molecule has 0 aliphatic carbocycles. The van der Waals surface area contributed by atoms with Gasteiger partial charge in [-0.1, -0.05) is 13.8 Å². The number of rotatable bonds is 3. The molecular formula is C11H16O4. The second kappa shape index (κ2) is 4.06. The normalized spacial score (nSPS) is 13.7. The van der Waals surface area contributed by atoms with Crippen LogP contribution in [0.3, 0.4) is 0 Å². The fourth-order valence-electron chi connectivity index (χ4n) is 1.61. The van der Waals surface area contributed by atoms with Gasteiger partial charge in [0, 0.05) is 11.0 Å². The van der Waals surface area contributed by atoms with Crippen LogP contribution < -0.4 is 0 Å². The van der Waals surface area contributed by atoms with E-state index >= 15 is 0 Å². The molecule has 4 heteroatoms. The van der Waals surface area contributed by atoms with E-state index < -0.39 is 17.5 Å². The van der Waals surface area contributed by atoms with Gasteiger partial charge < -0.3 is 14.3 Å². The zero-order valence-corrected chi connectivity index (χ0v) is 9.40. The molecule has 0 bridgehead atoms. The molecule has 0 saturated heterocycles. The number of furan rings is 1. The first-order valence-electron chi connectivity index (χ1n) is 4.71. The van der Waals surface area contributed by atoms with Gasteiger partial charge in [0.15, 0.2) is 6.10 Å². The summed E-state index contributed by atoms with van der Waals surface area (Å²) in [5, 5.41) is 9.83. The van der Waals surface area contributed by atoms with E-state index in [2.05, 4.69) is 4.74 Å². The van der Waals surface area contributed by atoms with Gasteiger partial charge in [0.1, 0.15) is 5.76 Å². The van der Waals surface area contributed by atoms with Crippen molar-refractivity contribution < 1.29 is 19.1 Å². The van der Waals surface area contributed by atoms with Crippen LogP contribution in [-0.4, -0.2) is 24.3 Å². The molecule has 15 heavy (non-hydrogen) atoms. The summed E-state index contributed by atoms with van der Waals surface area (Å²) in [6, 6.07) is 1.75. The summed E-state index contributed by atoms with van der Waals surface area (Å²) in [7, 11) is 1.25. The molecule has 4 nitrogen and oxygen atoms in total. The molecule has 0 aliphatic rings. The Hall–Kier alpha value is -1.29. The third-order valence-corrected chi connectivity index (χ3v) is 2.66. The van der Waals surface area contributed by atoms with E-state index in [0.717, 1.165) is 5.56 Å². The minimum atomic E-state index is -1.20. The number of methoxy groups -OCH3 is 1. The van der Waals surface area contributed by atoms with E-state index in [9.17, 15) is 9.90 Å². The standard InChI is InChI=1S/C11H16O4/c1-7-8(5-6-15-7)11(2,3)9(12)10(13)14-4/h5-6,9,12H,1-4H3. The van der Waals surface area contributed by atoms with E-state index in [4.69, 9.17) is 4.42 Å². The van der Waals surface area contributed by atoms with Crippen molar-refractivity contribution >= 4 is 5.97 Å².